The Balaban J connectivity index is 2.65. The normalized spacial score (nSPS) is 12.4. The molecule has 0 saturated heterocycles. The van der Waals surface area contributed by atoms with Crippen LogP contribution in [-0.4, -0.2) is 28.6 Å². The molecule has 1 unspecified atom stereocenters. The fourth-order valence-electron chi connectivity index (χ4n) is 1.07. The topological polar surface area (TPSA) is 83.5 Å². The van der Waals surface area contributed by atoms with Crippen molar-refractivity contribution < 1.29 is 15.0 Å². The largest absolute Gasteiger partial charge is 0.508 e. The number of hydrogen-bond donors (Lipinski definition) is 3. The maximum atomic E-state index is 11.5. The number of carbonyl (C=O) groups excluding carboxylic acids is 1. The molecule has 4 N–H and O–H groups in total. The van der Waals surface area contributed by atoms with Crippen molar-refractivity contribution in [1.82, 2.24) is 0 Å². The molecule has 0 spiro atoms. The molecule has 0 aromatic heterocycles. The highest BCUT2D eigenvalue weighted by molar-refractivity contribution is 5.96. The van der Waals surface area contributed by atoms with E-state index >= 15 is 0 Å². The number of nitrogens with two attached hydrogens (primary N) is 1. The summed E-state index contributed by atoms with van der Waals surface area (Å²) in [6, 6.07) is 5.43. The first-order valence-corrected chi connectivity index (χ1v) is 4.32. The molecule has 14 heavy (non-hydrogen) atoms. The van der Waals surface area contributed by atoms with E-state index in [0.29, 0.717) is 5.56 Å². The third-order valence-electron chi connectivity index (χ3n) is 1.87. The Labute approximate surface area is 82.0 Å². The first kappa shape index (κ1) is 10.7. The van der Waals surface area contributed by atoms with E-state index in [1.807, 2.05) is 0 Å². The Bertz CT molecular complexity index is 308. The number of phenols is 1. The van der Waals surface area contributed by atoms with Gasteiger partial charge in [0, 0.05) is 18.0 Å². The summed E-state index contributed by atoms with van der Waals surface area (Å²) >= 11 is 0. The van der Waals surface area contributed by atoms with Gasteiger partial charge in [-0.05, 0) is 24.3 Å². The summed E-state index contributed by atoms with van der Waals surface area (Å²) in [4.78, 5) is 11.5. The third-order valence-corrected chi connectivity index (χ3v) is 1.87. The van der Waals surface area contributed by atoms with Crippen molar-refractivity contribution in [3.63, 3.8) is 0 Å². The third kappa shape index (κ3) is 2.83. The summed E-state index contributed by atoms with van der Waals surface area (Å²) < 4.78 is 0. The minimum Gasteiger partial charge on any atom is -0.508 e. The smallest absolute Gasteiger partial charge is 0.164 e. The number of hydrogen-bond acceptors (Lipinski definition) is 4. The summed E-state index contributed by atoms with van der Waals surface area (Å²) in [5.74, 6) is -0.0143. The second kappa shape index (κ2) is 4.74. The number of carbonyl (C=O) groups is 1. The maximum Gasteiger partial charge on any atom is 0.164 e. The molecule has 0 aliphatic rings. The van der Waals surface area contributed by atoms with Crippen molar-refractivity contribution in [3.8, 4) is 5.75 Å². The van der Waals surface area contributed by atoms with Gasteiger partial charge in [-0.15, -0.1) is 0 Å². The minimum atomic E-state index is -0.517. The number of aromatic hydroxyl groups is 1. The number of phenolic OH excluding ortho intramolecular Hbond substituents is 1. The fourth-order valence-corrected chi connectivity index (χ4v) is 1.07. The van der Waals surface area contributed by atoms with Gasteiger partial charge in [-0.25, -0.2) is 0 Å². The number of Topliss-reactive ketones (excluding diaryl/α,β-unsaturated/α-hetero) is 1. The van der Waals surface area contributed by atoms with Crippen molar-refractivity contribution in [2.24, 2.45) is 5.73 Å². The highest BCUT2D eigenvalue weighted by Crippen LogP contribution is 2.11. The number of aliphatic hydroxyl groups is 1. The minimum absolute atomic E-state index is 0.112. The molecule has 1 aromatic rings. The van der Waals surface area contributed by atoms with E-state index in [9.17, 15) is 4.79 Å². The summed E-state index contributed by atoms with van der Waals surface area (Å²) in [5, 5.41) is 17.6. The van der Waals surface area contributed by atoms with Gasteiger partial charge >= 0.3 is 0 Å². The number of benzene rings is 1. The molecule has 0 heterocycles. The molecule has 0 radical (unpaired) electrons. The maximum absolute atomic E-state index is 11.5. The van der Waals surface area contributed by atoms with Crippen LogP contribution in [0.3, 0.4) is 0 Å². The molecule has 0 saturated carbocycles. The summed E-state index contributed by atoms with van der Waals surface area (Å²) in [6.07, 6.45) is 0.112. The van der Waals surface area contributed by atoms with Crippen molar-refractivity contribution in [2.75, 3.05) is 6.61 Å². The van der Waals surface area contributed by atoms with Crippen LogP contribution in [0.15, 0.2) is 24.3 Å². The van der Waals surface area contributed by atoms with Crippen molar-refractivity contribution in [2.45, 2.75) is 12.5 Å². The lowest BCUT2D eigenvalue weighted by molar-refractivity contribution is 0.0961. The molecule has 0 aliphatic heterocycles. The number of aliphatic hydroxyl groups excluding tert-OH is 1. The van der Waals surface area contributed by atoms with Crippen LogP contribution in [0.25, 0.3) is 0 Å². The lowest BCUT2D eigenvalue weighted by atomic mass is 10.0. The van der Waals surface area contributed by atoms with E-state index in [1.165, 1.54) is 24.3 Å². The van der Waals surface area contributed by atoms with Gasteiger partial charge in [0.2, 0.25) is 0 Å². The van der Waals surface area contributed by atoms with Gasteiger partial charge in [-0.1, -0.05) is 0 Å². The zero-order valence-electron chi connectivity index (χ0n) is 7.68. The second-order valence-electron chi connectivity index (χ2n) is 3.12. The molecule has 1 rings (SSSR count). The predicted octanol–water partition coefficient (Wildman–Crippen LogP) is 0.285. The Morgan fingerprint density at radius 1 is 1.36 bits per heavy atom. The van der Waals surface area contributed by atoms with E-state index in [1.54, 1.807) is 0 Å². The van der Waals surface area contributed by atoms with Crippen LogP contribution in [0.2, 0.25) is 0 Å². The number of rotatable bonds is 4. The lowest BCUT2D eigenvalue weighted by Gasteiger charge is -2.06. The van der Waals surface area contributed by atoms with Crippen LogP contribution < -0.4 is 5.73 Å². The molecule has 0 aliphatic carbocycles. The molecular weight excluding hydrogens is 182 g/mol. The molecule has 1 atom stereocenters. The van der Waals surface area contributed by atoms with Crippen molar-refractivity contribution in [1.29, 1.82) is 0 Å². The summed E-state index contributed by atoms with van der Waals surface area (Å²) in [6.45, 7) is -0.205. The SMILES string of the molecule is NC(CO)CC(=O)c1ccc(O)cc1. The van der Waals surface area contributed by atoms with Crippen LogP contribution in [-0.2, 0) is 0 Å². The first-order chi connectivity index (χ1) is 6.63. The van der Waals surface area contributed by atoms with E-state index < -0.39 is 6.04 Å². The van der Waals surface area contributed by atoms with E-state index in [0.717, 1.165) is 0 Å². The predicted molar refractivity (Wildman–Crippen MR) is 52.1 cm³/mol. The van der Waals surface area contributed by atoms with Gasteiger partial charge in [0.25, 0.3) is 0 Å². The molecule has 0 fully saturated rings. The van der Waals surface area contributed by atoms with E-state index in [4.69, 9.17) is 15.9 Å². The first-order valence-electron chi connectivity index (χ1n) is 4.32. The highest BCUT2D eigenvalue weighted by atomic mass is 16.3. The molecular formula is C10H13NO3. The monoisotopic (exact) mass is 195 g/mol. The van der Waals surface area contributed by atoms with Crippen LogP contribution in [0.4, 0.5) is 0 Å². The average Bonchev–Trinajstić information content (AvgIpc) is 2.18. The summed E-state index contributed by atoms with van der Waals surface area (Å²) in [5.41, 5.74) is 5.91. The van der Waals surface area contributed by atoms with E-state index in [2.05, 4.69) is 0 Å². The van der Waals surface area contributed by atoms with Crippen LogP contribution in [0, 0.1) is 0 Å². The van der Waals surface area contributed by atoms with Crippen LogP contribution >= 0.6 is 0 Å². The molecule has 76 valence electrons. The molecule has 0 bridgehead atoms. The zero-order chi connectivity index (χ0) is 10.6. The standard InChI is InChI=1S/C10H13NO3/c11-8(6-12)5-10(14)7-1-3-9(13)4-2-7/h1-4,8,12-13H,5-6,11H2. The Hall–Kier alpha value is -1.39. The Morgan fingerprint density at radius 2 is 1.93 bits per heavy atom. The zero-order valence-corrected chi connectivity index (χ0v) is 7.68. The lowest BCUT2D eigenvalue weighted by Crippen LogP contribution is -2.27. The Kier molecular flexibility index (Phi) is 3.62. The second-order valence-corrected chi connectivity index (χ2v) is 3.12. The summed E-state index contributed by atoms with van der Waals surface area (Å²) in [7, 11) is 0. The fraction of sp³-hybridized carbons (Fsp3) is 0.300. The van der Waals surface area contributed by atoms with Gasteiger partial charge in [0.05, 0.1) is 6.61 Å². The highest BCUT2D eigenvalue weighted by Gasteiger charge is 2.10. The van der Waals surface area contributed by atoms with Gasteiger partial charge in [0.1, 0.15) is 5.75 Å². The number of ketones is 1. The van der Waals surface area contributed by atoms with Gasteiger partial charge in [-0.3, -0.25) is 4.79 Å². The van der Waals surface area contributed by atoms with Crippen molar-refractivity contribution >= 4 is 5.78 Å². The molecule has 4 heteroatoms. The molecule has 4 nitrogen and oxygen atoms in total. The Morgan fingerprint density at radius 3 is 2.43 bits per heavy atom. The van der Waals surface area contributed by atoms with E-state index in [-0.39, 0.29) is 24.6 Å². The van der Waals surface area contributed by atoms with Crippen molar-refractivity contribution in [3.05, 3.63) is 29.8 Å². The van der Waals surface area contributed by atoms with Gasteiger partial charge in [-0.2, -0.15) is 0 Å². The molecule has 0 amide bonds. The quantitative estimate of drug-likeness (QED) is 0.603. The average molecular weight is 195 g/mol. The molecule has 1 aromatic carbocycles. The van der Waals surface area contributed by atoms with Crippen LogP contribution in [0.5, 0.6) is 5.75 Å². The van der Waals surface area contributed by atoms with Gasteiger partial charge in [0.15, 0.2) is 5.78 Å². The van der Waals surface area contributed by atoms with Gasteiger partial charge < -0.3 is 15.9 Å². The van der Waals surface area contributed by atoms with Crippen LogP contribution in [0.1, 0.15) is 16.8 Å².